The van der Waals surface area contributed by atoms with Gasteiger partial charge in [-0.25, -0.2) is 14.8 Å². The number of carbonyl (C=O) groups is 3. The molecular weight excluding hydrogens is 498 g/mol. The van der Waals surface area contributed by atoms with E-state index in [4.69, 9.17) is 20.8 Å². The molecule has 0 bridgehead atoms. The highest BCUT2D eigenvalue weighted by molar-refractivity contribution is 6.30. The maximum Gasteiger partial charge on any atom is 0.339 e. The Labute approximate surface area is 218 Å². The predicted molar refractivity (Wildman–Crippen MR) is 138 cm³/mol. The third kappa shape index (κ3) is 5.45. The van der Waals surface area contributed by atoms with Crippen LogP contribution in [0.1, 0.15) is 59.4 Å². The number of esters is 1. The summed E-state index contributed by atoms with van der Waals surface area (Å²) in [5, 5.41) is 5.97. The minimum Gasteiger partial charge on any atom is -0.465 e. The molecule has 0 spiro atoms. The molecule has 1 aliphatic heterocycles. The highest BCUT2D eigenvalue weighted by Crippen LogP contribution is 2.34. The van der Waals surface area contributed by atoms with Crippen LogP contribution in [0.15, 0.2) is 35.0 Å². The number of anilines is 2. The van der Waals surface area contributed by atoms with E-state index in [0.717, 1.165) is 38.8 Å². The van der Waals surface area contributed by atoms with Gasteiger partial charge in [0.05, 0.1) is 17.7 Å². The lowest BCUT2D eigenvalue weighted by Crippen LogP contribution is -2.38. The number of rotatable bonds is 6. The van der Waals surface area contributed by atoms with Gasteiger partial charge < -0.3 is 24.7 Å². The Bertz CT molecular complexity index is 1310. The molecule has 1 saturated carbocycles. The van der Waals surface area contributed by atoms with E-state index in [1.807, 2.05) is 0 Å². The van der Waals surface area contributed by atoms with Crippen molar-refractivity contribution in [2.24, 2.45) is 5.92 Å². The number of nitrogens with one attached hydrogen (secondary N) is 2. The summed E-state index contributed by atoms with van der Waals surface area (Å²) >= 11 is 5.88. The van der Waals surface area contributed by atoms with Gasteiger partial charge in [-0.2, -0.15) is 0 Å². The maximum absolute atomic E-state index is 13.3. The summed E-state index contributed by atoms with van der Waals surface area (Å²) in [6.45, 7) is 2.28. The summed E-state index contributed by atoms with van der Waals surface area (Å²) in [5.41, 5.74) is 0.754. The van der Waals surface area contributed by atoms with Gasteiger partial charge in [-0.15, -0.1) is 0 Å². The van der Waals surface area contributed by atoms with Gasteiger partial charge in [-0.05, 0) is 69.8 Å². The van der Waals surface area contributed by atoms with Gasteiger partial charge in [0, 0.05) is 24.4 Å². The van der Waals surface area contributed by atoms with Crippen LogP contribution in [0.4, 0.5) is 11.5 Å². The number of hydrogen-bond acceptors (Lipinski definition) is 8. The zero-order valence-electron chi connectivity index (χ0n) is 20.5. The topological polar surface area (TPSA) is 127 Å². The average molecular weight is 526 g/mol. The van der Waals surface area contributed by atoms with E-state index in [-0.39, 0.29) is 45.8 Å². The van der Waals surface area contributed by atoms with Crippen LogP contribution in [-0.2, 0) is 9.53 Å². The second-order valence-corrected chi connectivity index (χ2v) is 9.86. The quantitative estimate of drug-likeness (QED) is 0.450. The van der Waals surface area contributed by atoms with Crippen molar-refractivity contribution in [2.75, 3.05) is 30.8 Å². The van der Waals surface area contributed by atoms with Gasteiger partial charge >= 0.3 is 5.97 Å². The van der Waals surface area contributed by atoms with Crippen molar-refractivity contribution in [3.63, 3.8) is 0 Å². The number of pyridine rings is 2. The molecule has 3 aromatic heterocycles. The number of likely N-dealkylation sites (tertiary alicyclic amines) is 1. The van der Waals surface area contributed by atoms with E-state index in [0.29, 0.717) is 11.1 Å². The molecule has 10 nitrogen and oxygen atoms in total. The Balaban J connectivity index is 1.39. The summed E-state index contributed by atoms with van der Waals surface area (Å²) in [6, 6.07) is 5.11. The molecule has 0 radical (unpaired) electrons. The fourth-order valence-corrected chi connectivity index (χ4v) is 5.25. The van der Waals surface area contributed by atoms with Crippen LogP contribution in [0.5, 0.6) is 0 Å². The number of methoxy groups -OCH3 is 1. The standard InChI is InChI=1S/C26H28ClN5O5/c1-36-26(35)16-12-19-21(29-13-16)22(23(37-19)25(34)30-20-9-6-17(27)14-28-20)31-24(33)15-4-7-18(8-5-15)32-10-2-3-11-32/h6,9,12-15,18H,2-5,7-8,10-11H2,1H3,(H,31,33)(H,28,30,34). The number of hydrogen-bond donors (Lipinski definition) is 2. The van der Waals surface area contributed by atoms with Gasteiger partial charge in [0.25, 0.3) is 5.91 Å². The van der Waals surface area contributed by atoms with Crippen molar-refractivity contribution in [2.45, 2.75) is 44.6 Å². The Morgan fingerprint density at radius 1 is 1.05 bits per heavy atom. The molecule has 0 atom stereocenters. The summed E-state index contributed by atoms with van der Waals surface area (Å²) in [5.74, 6) is -1.45. The number of ether oxygens (including phenoxy) is 1. The number of halogens is 1. The molecule has 2 amide bonds. The largest absolute Gasteiger partial charge is 0.465 e. The van der Waals surface area contributed by atoms with E-state index < -0.39 is 11.9 Å². The van der Waals surface area contributed by atoms with Crippen LogP contribution >= 0.6 is 11.6 Å². The van der Waals surface area contributed by atoms with Crippen LogP contribution in [-0.4, -0.2) is 58.9 Å². The lowest BCUT2D eigenvalue weighted by molar-refractivity contribution is -0.121. The minimum atomic E-state index is -0.625. The number of furan rings is 1. The van der Waals surface area contributed by atoms with Crippen LogP contribution < -0.4 is 10.6 Å². The zero-order chi connectivity index (χ0) is 25.9. The van der Waals surface area contributed by atoms with Crippen LogP contribution in [0.25, 0.3) is 11.1 Å². The molecule has 4 heterocycles. The molecule has 37 heavy (non-hydrogen) atoms. The molecule has 1 aliphatic carbocycles. The van der Waals surface area contributed by atoms with E-state index in [1.165, 1.54) is 38.4 Å². The predicted octanol–water partition coefficient (Wildman–Crippen LogP) is 4.51. The molecule has 3 aromatic rings. The number of nitrogens with zero attached hydrogens (tertiary/aromatic N) is 3. The van der Waals surface area contributed by atoms with E-state index in [9.17, 15) is 14.4 Å². The number of carbonyl (C=O) groups excluding carboxylic acids is 3. The van der Waals surface area contributed by atoms with Gasteiger partial charge in [0.15, 0.2) is 5.58 Å². The number of fused-ring (bicyclic) bond motifs is 1. The van der Waals surface area contributed by atoms with Gasteiger partial charge in [-0.3, -0.25) is 9.59 Å². The van der Waals surface area contributed by atoms with Crippen LogP contribution in [0, 0.1) is 5.92 Å². The van der Waals surface area contributed by atoms with E-state index >= 15 is 0 Å². The second kappa shape index (κ2) is 10.9. The normalized spacial score (nSPS) is 20.1. The van der Waals surface area contributed by atoms with E-state index in [2.05, 4.69) is 25.5 Å². The summed E-state index contributed by atoms with van der Waals surface area (Å²) in [6.07, 6.45) is 8.72. The van der Waals surface area contributed by atoms with Gasteiger partial charge in [0.1, 0.15) is 17.0 Å². The highest BCUT2D eigenvalue weighted by Gasteiger charge is 2.32. The first-order chi connectivity index (χ1) is 17.9. The maximum atomic E-state index is 13.3. The lowest BCUT2D eigenvalue weighted by atomic mass is 9.85. The molecule has 0 aromatic carbocycles. The minimum absolute atomic E-state index is 0.139. The Morgan fingerprint density at radius 2 is 1.81 bits per heavy atom. The summed E-state index contributed by atoms with van der Waals surface area (Å²) < 4.78 is 10.6. The molecule has 194 valence electrons. The van der Waals surface area contributed by atoms with Crippen molar-refractivity contribution >= 4 is 52.0 Å². The second-order valence-electron chi connectivity index (χ2n) is 9.42. The molecule has 11 heteroatoms. The summed E-state index contributed by atoms with van der Waals surface area (Å²) in [7, 11) is 1.26. The molecule has 0 unspecified atom stereocenters. The average Bonchev–Trinajstić information content (AvgIpc) is 3.58. The van der Waals surface area contributed by atoms with Crippen LogP contribution in [0.2, 0.25) is 5.02 Å². The Morgan fingerprint density at radius 3 is 2.49 bits per heavy atom. The van der Waals surface area contributed by atoms with Crippen molar-refractivity contribution in [3.05, 3.63) is 46.9 Å². The van der Waals surface area contributed by atoms with Gasteiger partial charge in [0.2, 0.25) is 11.7 Å². The number of aromatic nitrogens is 2. The fraction of sp³-hybridized carbons (Fsp3) is 0.423. The third-order valence-corrected chi connectivity index (χ3v) is 7.32. The smallest absolute Gasteiger partial charge is 0.339 e. The van der Waals surface area contributed by atoms with Crippen molar-refractivity contribution in [3.8, 4) is 0 Å². The first kappa shape index (κ1) is 25.2. The molecular formula is C26H28ClN5O5. The highest BCUT2D eigenvalue weighted by atomic mass is 35.5. The first-order valence-electron chi connectivity index (χ1n) is 12.4. The molecule has 1 saturated heterocycles. The van der Waals surface area contributed by atoms with Gasteiger partial charge in [-0.1, -0.05) is 11.6 Å². The van der Waals surface area contributed by atoms with Crippen molar-refractivity contribution in [1.82, 2.24) is 14.9 Å². The van der Waals surface area contributed by atoms with E-state index in [1.54, 1.807) is 12.1 Å². The Kier molecular flexibility index (Phi) is 7.38. The SMILES string of the molecule is COC(=O)c1cnc2c(NC(=O)C3CCC(N4CCCC4)CC3)c(C(=O)Nc3ccc(Cl)cn3)oc2c1. The third-order valence-electron chi connectivity index (χ3n) is 7.10. The molecule has 5 rings (SSSR count). The zero-order valence-corrected chi connectivity index (χ0v) is 21.2. The lowest BCUT2D eigenvalue weighted by Gasteiger charge is -2.33. The van der Waals surface area contributed by atoms with Crippen molar-refractivity contribution in [1.29, 1.82) is 0 Å². The van der Waals surface area contributed by atoms with Crippen LogP contribution in [0.3, 0.4) is 0 Å². The number of amides is 2. The molecule has 2 fully saturated rings. The fourth-order valence-electron chi connectivity index (χ4n) is 5.14. The first-order valence-corrected chi connectivity index (χ1v) is 12.8. The molecule has 2 N–H and O–H groups in total. The Hall–Kier alpha value is -3.50. The molecule has 2 aliphatic rings. The monoisotopic (exact) mass is 525 g/mol. The summed E-state index contributed by atoms with van der Waals surface area (Å²) in [4.78, 5) is 49.4. The van der Waals surface area contributed by atoms with Crippen molar-refractivity contribution < 1.29 is 23.5 Å².